The SMILES string of the molecule is CCC/C=C\C=C/CC(N)C/C=C\C/C(=C/CC(C)C1=C2C=CC=CC2C(/C(=C/CC/C=C/C=C\CN)CN)CC1)CNC1=CC=CC2C=CC=CC12. The molecule has 0 aromatic carbocycles. The van der Waals surface area contributed by atoms with Gasteiger partial charge in [-0.15, -0.1) is 0 Å². The number of nitrogens with two attached hydrogens (primary N) is 3. The quantitative estimate of drug-likeness (QED) is 0.0511. The molecule has 0 amide bonds. The van der Waals surface area contributed by atoms with Crippen molar-refractivity contribution in [2.75, 3.05) is 19.6 Å². The highest BCUT2D eigenvalue weighted by Crippen LogP contribution is 2.44. The van der Waals surface area contributed by atoms with Gasteiger partial charge < -0.3 is 22.5 Å². The Balaban J connectivity index is 1.43. The summed E-state index contributed by atoms with van der Waals surface area (Å²) in [5.41, 5.74) is 25.7. The maximum atomic E-state index is 6.46. The molecule has 0 spiro atoms. The van der Waals surface area contributed by atoms with Gasteiger partial charge in [0.1, 0.15) is 0 Å². The van der Waals surface area contributed by atoms with Gasteiger partial charge in [0.15, 0.2) is 0 Å². The molecule has 0 aliphatic heterocycles. The number of unbranched alkanes of at least 4 members (excludes halogenated alkanes) is 2. The zero-order valence-electron chi connectivity index (χ0n) is 32.7. The molecule has 284 valence electrons. The predicted octanol–water partition coefficient (Wildman–Crippen LogP) is 10.5. The maximum absolute atomic E-state index is 6.46. The van der Waals surface area contributed by atoms with Gasteiger partial charge in [-0.3, -0.25) is 0 Å². The van der Waals surface area contributed by atoms with Crippen LogP contribution < -0.4 is 22.5 Å². The Hall–Kier alpha value is -3.96. The largest absolute Gasteiger partial charge is 0.384 e. The Bertz CT molecular complexity index is 1560. The normalized spacial score (nSPS) is 24.4. The number of hydrogen-bond donors (Lipinski definition) is 4. The zero-order chi connectivity index (χ0) is 37.5. The summed E-state index contributed by atoms with van der Waals surface area (Å²) in [5, 5.41) is 3.85. The minimum Gasteiger partial charge on any atom is -0.384 e. The lowest BCUT2D eigenvalue weighted by molar-refractivity contribution is 0.416. The number of allylic oxidation sites excluding steroid dienone is 22. The monoisotopic (exact) mass is 713 g/mol. The van der Waals surface area contributed by atoms with Crippen LogP contribution in [0.15, 0.2) is 168 Å². The molecule has 0 fully saturated rings. The summed E-state index contributed by atoms with van der Waals surface area (Å²) in [6.45, 7) is 6.68. The molecule has 0 bridgehead atoms. The van der Waals surface area contributed by atoms with Crippen molar-refractivity contribution in [3.05, 3.63) is 168 Å². The van der Waals surface area contributed by atoms with Crippen molar-refractivity contribution in [2.24, 2.45) is 46.8 Å². The Morgan fingerprint density at radius 1 is 0.792 bits per heavy atom. The molecule has 4 rings (SSSR count). The van der Waals surface area contributed by atoms with E-state index in [2.05, 4.69) is 147 Å². The van der Waals surface area contributed by atoms with Crippen LogP contribution in [0.4, 0.5) is 0 Å². The first-order valence-electron chi connectivity index (χ1n) is 20.4. The van der Waals surface area contributed by atoms with Crippen molar-refractivity contribution in [1.29, 1.82) is 0 Å². The fourth-order valence-electron chi connectivity index (χ4n) is 7.79. The van der Waals surface area contributed by atoms with Crippen LogP contribution >= 0.6 is 0 Å². The standard InChI is InChI=1S/C49H68N4/c1-3-4-5-6-10-13-26-43(52)27-16-14-22-40(38-53-49-31-21-25-41-23-15-17-28-46(41)49)33-32-39(2)44-34-35-45(48-30-19-18-29-47(44)48)42(37-51)24-12-9-7-8-11-20-36-50/h5-8,10-11,13-21,23-25,28-31,33,39,41,43,45-46,48,53H,3-4,9,12,22,26-27,32,34-38,50-52H2,1-2H3/b6-5-,8-7+,13-10-,16-14-,20-11-,40-33-,42-24+. The summed E-state index contributed by atoms with van der Waals surface area (Å²) in [6, 6.07) is 0.138. The molecular weight excluding hydrogens is 645 g/mol. The second-order valence-corrected chi connectivity index (χ2v) is 14.8. The summed E-state index contributed by atoms with van der Waals surface area (Å²) in [6.07, 6.45) is 61.8. The van der Waals surface area contributed by atoms with Gasteiger partial charge >= 0.3 is 0 Å². The van der Waals surface area contributed by atoms with E-state index in [1.54, 1.807) is 5.57 Å². The van der Waals surface area contributed by atoms with Crippen molar-refractivity contribution in [3.8, 4) is 0 Å². The van der Waals surface area contributed by atoms with Crippen LogP contribution in [0.25, 0.3) is 0 Å². The first kappa shape index (κ1) is 41.8. The fraction of sp³-hybridized carbons (Fsp3) is 0.429. The van der Waals surface area contributed by atoms with E-state index in [1.807, 2.05) is 12.2 Å². The summed E-state index contributed by atoms with van der Waals surface area (Å²) in [4.78, 5) is 0. The van der Waals surface area contributed by atoms with E-state index in [0.717, 1.165) is 64.3 Å². The molecule has 7 N–H and O–H groups in total. The van der Waals surface area contributed by atoms with E-state index in [0.29, 0.717) is 42.7 Å². The Kier molecular flexibility index (Phi) is 19.2. The number of nitrogens with one attached hydrogen (secondary N) is 1. The molecule has 0 saturated carbocycles. The molecule has 4 aliphatic rings. The van der Waals surface area contributed by atoms with E-state index >= 15 is 0 Å². The smallest absolute Gasteiger partial charge is 0.0360 e. The van der Waals surface area contributed by atoms with Gasteiger partial charge in [0.2, 0.25) is 0 Å². The minimum atomic E-state index is 0.138. The van der Waals surface area contributed by atoms with E-state index < -0.39 is 0 Å². The molecule has 6 atom stereocenters. The zero-order valence-corrected chi connectivity index (χ0v) is 32.7. The number of hydrogen-bond acceptors (Lipinski definition) is 4. The first-order chi connectivity index (χ1) is 26.0. The van der Waals surface area contributed by atoms with E-state index in [4.69, 9.17) is 17.2 Å². The maximum Gasteiger partial charge on any atom is 0.0360 e. The molecule has 53 heavy (non-hydrogen) atoms. The van der Waals surface area contributed by atoms with Crippen LogP contribution in [0.5, 0.6) is 0 Å². The van der Waals surface area contributed by atoms with E-state index in [9.17, 15) is 0 Å². The van der Waals surface area contributed by atoms with Crippen LogP contribution in [0.2, 0.25) is 0 Å². The Morgan fingerprint density at radius 2 is 1.53 bits per heavy atom. The lowest BCUT2D eigenvalue weighted by atomic mass is 9.68. The topological polar surface area (TPSA) is 90.1 Å². The van der Waals surface area contributed by atoms with Crippen LogP contribution in [0.1, 0.15) is 78.1 Å². The van der Waals surface area contributed by atoms with Crippen LogP contribution in [-0.2, 0) is 0 Å². The average Bonchev–Trinajstić information content (AvgIpc) is 3.19. The molecule has 0 radical (unpaired) electrons. The molecule has 4 nitrogen and oxygen atoms in total. The Morgan fingerprint density at radius 3 is 2.36 bits per heavy atom. The molecule has 4 heteroatoms. The van der Waals surface area contributed by atoms with Gasteiger partial charge in [-0.05, 0) is 81.3 Å². The fourth-order valence-corrected chi connectivity index (χ4v) is 7.79. The second kappa shape index (κ2) is 24.4. The first-order valence-corrected chi connectivity index (χ1v) is 20.4. The Labute approximate surface area is 322 Å². The van der Waals surface area contributed by atoms with Crippen LogP contribution in [0.3, 0.4) is 0 Å². The predicted molar refractivity (Wildman–Crippen MR) is 232 cm³/mol. The lowest BCUT2D eigenvalue weighted by Crippen LogP contribution is -2.28. The second-order valence-electron chi connectivity index (χ2n) is 14.8. The van der Waals surface area contributed by atoms with Gasteiger partial charge in [0.05, 0.1) is 0 Å². The summed E-state index contributed by atoms with van der Waals surface area (Å²) < 4.78 is 0. The van der Waals surface area contributed by atoms with Crippen molar-refractivity contribution < 1.29 is 0 Å². The van der Waals surface area contributed by atoms with Gasteiger partial charge in [0.25, 0.3) is 0 Å². The van der Waals surface area contributed by atoms with Gasteiger partial charge in [-0.25, -0.2) is 0 Å². The third-order valence-corrected chi connectivity index (χ3v) is 10.8. The lowest BCUT2D eigenvalue weighted by Gasteiger charge is -2.37. The summed E-state index contributed by atoms with van der Waals surface area (Å²) in [5.74, 6) is 2.16. The third kappa shape index (κ3) is 14.1. The number of fused-ring (bicyclic) bond motifs is 2. The molecule has 0 aromatic rings. The summed E-state index contributed by atoms with van der Waals surface area (Å²) in [7, 11) is 0. The average molecular weight is 713 g/mol. The van der Waals surface area contributed by atoms with E-state index in [-0.39, 0.29) is 6.04 Å². The molecule has 0 heterocycles. The van der Waals surface area contributed by atoms with Crippen molar-refractivity contribution in [3.63, 3.8) is 0 Å². The molecule has 0 aromatic heterocycles. The van der Waals surface area contributed by atoms with Gasteiger partial charge in [-0.1, -0.05) is 171 Å². The van der Waals surface area contributed by atoms with Crippen molar-refractivity contribution in [1.82, 2.24) is 5.32 Å². The summed E-state index contributed by atoms with van der Waals surface area (Å²) >= 11 is 0. The molecular formula is C49H68N4. The highest BCUT2D eigenvalue weighted by molar-refractivity contribution is 5.42. The number of rotatable bonds is 22. The highest BCUT2D eigenvalue weighted by Gasteiger charge is 2.32. The van der Waals surface area contributed by atoms with Crippen LogP contribution in [0, 0.1) is 29.6 Å². The molecule has 0 saturated heterocycles. The van der Waals surface area contributed by atoms with Crippen LogP contribution in [-0.4, -0.2) is 25.7 Å². The van der Waals surface area contributed by atoms with Gasteiger partial charge in [-0.2, -0.15) is 0 Å². The van der Waals surface area contributed by atoms with Crippen molar-refractivity contribution >= 4 is 0 Å². The molecule has 4 aliphatic carbocycles. The third-order valence-electron chi connectivity index (χ3n) is 10.8. The highest BCUT2D eigenvalue weighted by atomic mass is 14.9. The van der Waals surface area contributed by atoms with E-state index in [1.165, 1.54) is 28.8 Å². The minimum absolute atomic E-state index is 0.138. The van der Waals surface area contributed by atoms with Crippen molar-refractivity contribution in [2.45, 2.75) is 84.1 Å². The molecule has 6 unspecified atom stereocenters. The van der Waals surface area contributed by atoms with Gasteiger partial charge in [0, 0.05) is 49.1 Å².